The van der Waals surface area contributed by atoms with Crippen molar-refractivity contribution in [3.05, 3.63) is 29.8 Å². The molecule has 1 rings (SSSR count). The first-order valence-corrected chi connectivity index (χ1v) is 11.4. The van der Waals surface area contributed by atoms with E-state index in [0.29, 0.717) is 25.1 Å². The molecule has 0 aliphatic carbocycles. The monoisotopic (exact) mass is 461 g/mol. The zero-order chi connectivity index (χ0) is 25.2. The van der Waals surface area contributed by atoms with Crippen molar-refractivity contribution in [2.45, 2.75) is 67.4 Å². The summed E-state index contributed by atoms with van der Waals surface area (Å²) in [7, 11) is 0. The fourth-order valence-electron chi connectivity index (χ4n) is 2.98. The molecule has 0 heterocycles. The van der Waals surface area contributed by atoms with Crippen molar-refractivity contribution in [3.63, 3.8) is 0 Å². The van der Waals surface area contributed by atoms with E-state index in [4.69, 9.17) is 10.5 Å². The number of carbonyl (C=O) groups excluding carboxylic acids is 4. The molecule has 0 aliphatic heterocycles. The molecule has 0 bridgehead atoms. The number of Topliss-reactive ketones (excluding diaryl/α,β-unsaturated/α-hetero) is 1. The molecule has 0 fully saturated rings. The first-order chi connectivity index (χ1) is 15.3. The third-order valence-electron chi connectivity index (χ3n) is 5.56. The number of hydrogen-bond donors (Lipinski definition) is 3. The molecule has 8 nitrogen and oxygen atoms in total. The lowest BCUT2D eigenvalue weighted by Gasteiger charge is -2.20. The summed E-state index contributed by atoms with van der Waals surface area (Å²) in [5.74, 6) is -0.944. The van der Waals surface area contributed by atoms with Gasteiger partial charge in [-0.05, 0) is 57.2 Å². The van der Waals surface area contributed by atoms with Gasteiger partial charge in [0.2, 0.25) is 5.91 Å². The minimum absolute atomic E-state index is 0.0454. The summed E-state index contributed by atoms with van der Waals surface area (Å²) >= 11 is 0. The summed E-state index contributed by atoms with van der Waals surface area (Å²) in [6.07, 6.45) is 1.12. The fraction of sp³-hybridized carbons (Fsp3) is 0.600. The Morgan fingerprint density at radius 2 is 1.64 bits per heavy atom. The molecule has 4 N–H and O–H groups in total. The highest BCUT2D eigenvalue weighted by Crippen LogP contribution is 2.22. The van der Waals surface area contributed by atoms with Gasteiger partial charge in [0.25, 0.3) is 0 Å². The zero-order valence-electron chi connectivity index (χ0n) is 20.7. The Morgan fingerprint density at radius 3 is 2.15 bits per heavy atom. The number of benzene rings is 1. The second-order valence-electron chi connectivity index (χ2n) is 9.85. The molecule has 3 amide bonds. The van der Waals surface area contributed by atoms with Crippen LogP contribution >= 0.6 is 0 Å². The second kappa shape index (κ2) is 13.0. The SMILES string of the molecule is CC(C)C(C)C(=O)C[C@@H](CCCNC(N)=O)C(=O)Nc1ccc(COC(=O)C(C)(C)C)cc1. The second-order valence-corrected chi connectivity index (χ2v) is 9.85. The molecular formula is C25H39N3O5. The maximum absolute atomic E-state index is 12.9. The normalized spacial score (nSPS) is 13.2. The number of ether oxygens (including phenoxy) is 1. The van der Waals surface area contributed by atoms with E-state index < -0.39 is 17.4 Å². The number of anilines is 1. The van der Waals surface area contributed by atoms with Gasteiger partial charge in [0.1, 0.15) is 12.4 Å². The number of nitrogens with two attached hydrogens (primary N) is 1. The van der Waals surface area contributed by atoms with Crippen LogP contribution in [0.4, 0.5) is 10.5 Å². The molecule has 8 heteroatoms. The van der Waals surface area contributed by atoms with Gasteiger partial charge in [-0.1, -0.05) is 32.9 Å². The van der Waals surface area contributed by atoms with Crippen molar-refractivity contribution in [1.29, 1.82) is 0 Å². The quantitative estimate of drug-likeness (QED) is 0.320. The van der Waals surface area contributed by atoms with E-state index in [9.17, 15) is 19.2 Å². The van der Waals surface area contributed by atoms with E-state index >= 15 is 0 Å². The topological polar surface area (TPSA) is 128 Å². The third kappa shape index (κ3) is 10.5. The number of primary amides is 1. The number of hydrogen-bond acceptors (Lipinski definition) is 5. The van der Waals surface area contributed by atoms with Crippen molar-refractivity contribution in [3.8, 4) is 0 Å². The van der Waals surface area contributed by atoms with E-state index in [2.05, 4.69) is 10.6 Å². The molecule has 2 atom stereocenters. The lowest BCUT2D eigenvalue weighted by atomic mass is 9.86. The van der Waals surface area contributed by atoms with E-state index in [0.717, 1.165) is 5.56 Å². The standard InChI is InChI=1S/C25H39N3O5/c1-16(2)17(3)21(29)14-19(8-7-13-27-24(26)32)22(30)28-20-11-9-18(10-12-20)15-33-23(31)25(4,5)6/h9-12,16-17,19H,7-8,13-15H2,1-6H3,(H,28,30)(H3,26,27,32)/t17?,19-/m1/s1. The molecule has 0 spiro atoms. The Bertz CT molecular complexity index is 812. The highest BCUT2D eigenvalue weighted by atomic mass is 16.5. The van der Waals surface area contributed by atoms with Gasteiger partial charge in [0.05, 0.1) is 5.41 Å². The Balaban J connectivity index is 2.76. The summed E-state index contributed by atoms with van der Waals surface area (Å²) < 4.78 is 5.31. The molecular weight excluding hydrogens is 422 g/mol. The average Bonchev–Trinajstić information content (AvgIpc) is 2.73. The molecule has 33 heavy (non-hydrogen) atoms. The molecule has 1 aromatic carbocycles. The molecule has 0 saturated heterocycles. The maximum atomic E-state index is 12.9. The Hall–Kier alpha value is -2.90. The highest BCUT2D eigenvalue weighted by molar-refractivity contribution is 5.95. The van der Waals surface area contributed by atoms with Crippen LogP contribution in [-0.4, -0.2) is 30.2 Å². The molecule has 1 aromatic rings. The summed E-state index contributed by atoms with van der Waals surface area (Å²) in [5, 5.41) is 5.38. The van der Waals surface area contributed by atoms with Gasteiger partial charge in [0, 0.05) is 30.5 Å². The largest absolute Gasteiger partial charge is 0.460 e. The van der Waals surface area contributed by atoms with Crippen LogP contribution in [0.15, 0.2) is 24.3 Å². The van der Waals surface area contributed by atoms with E-state index in [1.807, 2.05) is 20.8 Å². The van der Waals surface area contributed by atoms with Crippen molar-refractivity contribution >= 4 is 29.4 Å². The first-order valence-electron chi connectivity index (χ1n) is 11.4. The average molecular weight is 462 g/mol. The van der Waals surface area contributed by atoms with E-state index in [1.165, 1.54) is 0 Å². The number of ketones is 1. The molecule has 0 aliphatic rings. The number of rotatable bonds is 12. The van der Waals surface area contributed by atoms with Crippen LogP contribution in [0.3, 0.4) is 0 Å². The maximum Gasteiger partial charge on any atom is 0.312 e. The summed E-state index contributed by atoms with van der Waals surface area (Å²) in [5.41, 5.74) is 5.92. The molecule has 0 aromatic heterocycles. The van der Waals surface area contributed by atoms with Crippen LogP contribution in [0.1, 0.15) is 66.4 Å². The Morgan fingerprint density at radius 1 is 1.03 bits per heavy atom. The number of nitrogens with one attached hydrogen (secondary N) is 2. The van der Waals surface area contributed by atoms with E-state index in [1.54, 1.807) is 45.0 Å². The first kappa shape index (κ1) is 28.1. The number of carbonyl (C=O) groups is 4. The number of urea groups is 1. The Kier molecular flexibility index (Phi) is 11.1. The van der Waals surface area contributed by atoms with Gasteiger partial charge >= 0.3 is 12.0 Å². The summed E-state index contributed by atoms with van der Waals surface area (Å²) in [6.45, 7) is 11.7. The minimum atomic E-state index is -0.617. The lowest BCUT2D eigenvalue weighted by Crippen LogP contribution is -2.32. The van der Waals surface area contributed by atoms with Gasteiger partial charge in [-0.2, -0.15) is 0 Å². The summed E-state index contributed by atoms with van der Waals surface area (Å²) in [4.78, 5) is 48.3. The highest BCUT2D eigenvalue weighted by Gasteiger charge is 2.26. The minimum Gasteiger partial charge on any atom is -0.460 e. The smallest absolute Gasteiger partial charge is 0.312 e. The van der Waals surface area contributed by atoms with Crippen molar-refractivity contribution in [2.24, 2.45) is 28.9 Å². The van der Waals surface area contributed by atoms with Crippen molar-refractivity contribution in [1.82, 2.24) is 5.32 Å². The van der Waals surface area contributed by atoms with E-state index in [-0.39, 0.29) is 42.5 Å². The number of esters is 1. The van der Waals surface area contributed by atoms with Crippen LogP contribution in [-0.2, 0) is 25.7 Å². The van der Waals surface area contributed by atoms with Gasteiger partial charge < -0.3 is 21.1 Å². The van der Waals surface area contributed by atoms with Gasteiger partial charge in [-0.3, -0.25) is 14.4 Å². The van der Waals surface area contributed by atoms with Crippen LogP contribution in [0.5, 0.6) is 0 Å². The molecule has 0 saturated carbocycles. The predicted octanol–water partition coefficient (Wildman–Crippen LogP) is 4.03. The Labute approximate surface area is 197 Å². The van der Waals surface area contributed by atoms with Gasteiger partial charge in [-0.25, -0.2) is 4.79 Å². The molecule has 0 radical (unpaired) electrons. The predicted molar refractivity (Wildman–Crippen MR) is 128 cm³/mol. The lowest BCUT2D eigenvalue weighted by molar-refractivity contribution is -0.154. The van der Waals surface area contributed by atoms with Gasteiger partial charge in [-0.15, -0.1) is 0 Å². The van der Waals surface area contributed by atoms with Crippen LogP contribution < -0.4 is 16.4 Å². The van der Waals surface area contributed by atoms with Crippen molar-refractivity contribution in [2.75, 3.05) is 11.9 Å². The number of amides is 3. The summed E-state index contributed by atoms with van der Waals surface area (Å²) in [6, 6.07) is 6.42. The van der Waals surface area contributed by atoms with Gasteiger partial charge in [0.15, 0.2) is 0 Å². The molecule has 184 valence electrons. The van der Waals surface area contributed by atoms with Crippen LogP contribution in [0, 0.1) is 23.2 Å². The van der Waals surface area contributed by atoms with Crippen LogP contribution in [0.2, 0.25) is 0 Å². The zero-order valence-corrected chi connectivity index (χ0v) is 20.7. The third-order valence-corrected chi connectivity index (χ3v) is 5.56. The fourth-order valence-corrected chi connectivity index (χ4v) is 2.98. The molecule has 1 unspecified atom stereocenters. The van der Waals surface area contributed by atoms with Crippen molar-refractivity contribution < 1.29 is 23.9 Å². The van der Waals surface area contributed by atoms with Crippen LogP contribution in [0.25, 0.3) is 0 Å².